The fraction of sp³-hybridized carbons (Fsp3) is 0.444. The molecular formula is C18H21N3O3. The van der Waals surface area contributed by atoms with Crippen molar-refractivity contribution < 1.29 is 9.47 Å². The second kappa shape index (κ2) is 6.28. The van der Waals surface area contributed by atoms with Crippen LogP contribution in [0.2, 0.25) is 0 Å². The van der Waals surface area contributed by atoms with Crippen LogP contribution in [0.25, 0.3) is 0 Å². The molecule has 6 heteroatoms. The Morgan fingerprint density at radius 3 is 3.17 bits per heavy atom. The van der Waals surface area contributed by atoms with Crippen molar-refractivity contribution in [1.82, 2.24) is 10.2 Å². The number of aromatic nitrogens is 2. The van der Waals surface area contributed by atoms with Crippen molar-refractivity contribution in [2.24, 2.45) is 0 Å². The summed E-state index contributed by atoms with van der Waals surface area (Å²) in [5.74, 6) is 0.918. The first-order valence-corrected chi connectivity index (χ1v) is 8.37. The van der Waals surface area contributed by atoms with E-state index in [2.05, 4.69) is 21.2 Å². The summed E-state index contributed by atoms with van der Waals surface area (Å²) >= 11 is 0. The quantitative estimate of drug-likeness (QED) is 0.932. The van der Waals surface area contributed by atoms with E-state index in [1.165, 1.54) is 11.1 Å². The number of ether oxygens (including phenoxy) is 2. The van der Waals surface area contributed by atoms with Crippen molar-refractivity contribution in [3.8, 4) is 5.75 Å². The zero-order valence-electron chi connectivity index (χ0n) is 13.7. The van der Waals surface area contributed by atoms with Crippen LogP contribution in [-0.4, -0.2) is 29.5 Å². The molecule has 1 N–H and O–H groups in total. The lowest BCUT2D eigenvalue weighted by Crippen LogP contribution is -2.21. The van der Waals surface area contributed by atoms with Gasteiger partial charge in [-0.25, -0.2) is 5.10 Å². The van der Waals surface area contributed by atoms with E-state index in [9.17, 15) is 4.79 Å². The first-order valence-electron chi connectivity index (χ1n) is 8.37. The third-order valence-electron chi connectivity index (χ3n) is 4.81. The van der Waals surface area contributed by atoms with Crippen LogP contribution >= 0.6 is 0 Å². The Labute approximate surface area is 140 Å². The molecule has 0 bridgehead atoms. The maximum Gasteiger partial charge on any atom is 0.269 e. The molecule has 2 aromatic rings. The lowest BCUT2D eigenvalue weighted by atomic mass is 10.1. The number of benzene rings is 1. The topological polar surface area (TPSA) is 67.5 Å². The predicted octanol–water partition coefficient (Wildman–Crippen LogP) is 2.16. The van der Waals surface area contributed by atoms with Crippen molar-refractivity contribution in [1.29, 1.82) is 0 Å². The minimum absolute atomic E-state index is 0.140. The van der Waals surface area contributed by atoms with E-state index in [-0.39, 0.29) is 11.7 Å². The van der Waals surface area contributed by atoms with Gasteiger partial charge in [0.05, 0.1) is 18.0 Å². The SMILES string of the molecule is Cc1c(N2Cc3cccc(OC[C@H]4CCCO4)c3C2)cn[nH]c1=O. The molecule has 0 saturated carbocycles. The van der Waals surface area contributed by atoms with Gasteiger partial charge in [-0.2, -0.15) is 5.10 Å². The second-order valence-corrected chi connectivity index (χ2v) is 6.41. The van der Waals surface area contributed by atoms with E-state index >= 15 is 0 Å². The number of nitrogens with one attached hydrogen (secondary N) is 1. The summed E-state index contributed by atoms with van der Waals surface area (Å²) in [6.45, 7) is 4.75. The van der Waals surface area contributed by atoms with Gasteiger partial charge >= 0.3 is 0 Å². The monoisotopic (exact) mass is 327 g/mol. The van der Waals surface area contributed by atoms with Gasteiger partial charge in [-0.05, 0) is 31.4 Å². The highest BCUT2D eigenvalue weighted by molar-refractivity contribution is 5.57. The molecule has 126 valence electrons. The van der Waals surface area contributed by atoms with Crippen LogP contribution in [-0.2, 0) is 17.8 Å². The third-order valence-corrected chi connectivity index (χ3v) is 4.81. The van der Waals surface area contributed by atoms with Gasteiger partial charge in [-0.1, -0.05) is 12.1 Å². The molecule has 0 amide bonds. The van der Waals surface area contributed by atoms with Gasteiger partial charge in [-0.15, -0.1) is 0 Å². The first-order chi connectivity index (χ1) is 11.7. The average Bonchev–Trinajstić information content (AvgIpc) is 3.24. The van der Waals surface area contributed by atoms with Crippen LogP contribution in [0.3, 0.4) is 0 Å². The molecule has 4 rings (SSSR count). The zero-order chi connectivity index (χ0) is 16.5. The van der Waals surface area contributed by atoms with E-state index < -0.39 is 0 Å². The lowest BCUT2D eigenvalue weighted by Gasteiger charge is -2.19. The van der Waals surface area contributed by atoms with Gasteiger partial charge in [0, 0.05) is 30.8 Å². The van der Waals surface area contributed by atoms with Crippen molar-refractivity contribution >= 4 is 5.69 Å². The molecule has 1 aromatic carbocycles. The van der Waals surface area contributed by atoms with Crippen molar-refractivity contribution in [2.45, 2.75) is 39.0 Å². The van der Waals surface area contributed by atoms with E-state index in [1.807, 2.05) is 19.1 Å². The van der Waals surface area contributed by atoms with Crippen LogP contribution < -0.4 is 15.2 Å². The van der Waals surface area contributed by atoms with Crippen molar-refractivity contribution in [2.75, 3.05) is 18.1 Å². The van der Waals surface area contributed by atoms with E-state index in [0.29, 0.717) is 12.2 Å². The number of fused-ring (bicyclic) bond motifs is 1. The molecule has 1 fully saturated rings. The minimum atomic E-state index is -0.140. The molecule has 1 aromatic heterocycles. The lowest BCUT2D eigenvalue weighted by molar-refractivity contribution is 0.0676. The molecule has 6 nitrogen and oxygen atoms in total. The maximum absolute atomic E-state index is 11.8. The van der Waals surface area contributed by atoms with Crippen LogP contribution in [0.4, 0.5) is 5.69 Å². The smallest absolute Gasteiger partial charge is 0.269 e. The zero-order valence-corrected chi connectivity index (χ0v) is 13.7. The summed E-state index contributed by atoms with van der Waals surface area (Å²) in [5.41, 5.74) is 3.85. The van der Waals surface area contributed by atoms with Crippen molar-refractivity contribution in [3.05, 3.63) is 51.4 Å². The number of nitrogens with zero attached hydrogens (tertiary/aromatic N) is 2. The maximum atomic E-state index is 11.8. The molecule has 2 aliphatic heterocycles. The normalized spacial score (nSPS) is 19.5. The molecule has 0 radical (unpaired) electrons. The largest absolute Gasteiger partial charge is 0.491 e. The fourth-order valence-corrected chi connectivity index (χ4v) is 3.42. The predicted molar refractivity (Wildman–Crippen MR) is 90.4 cm³/mol. The Morgan fingerprint density at radius 1 is 1.42 bits per heavy atom. The highest BCUT2D eigenvalue weighted by Gasteiger charge is 2.25. The summed E-state index contributed by atoms with van der Waals surface area (Å²) in [6, 6.07) is 6.15. The standard InChI is InChI=1S/C18H21N3O3/c1-12-16(8-19-20-18(12)22)21-9-13-4-2-6-17(15(13)10-21)24-11-14-5-3-7-23-14/h2,4,6,8,14H,3,5,7,9-11H2,1H3,(H,20,22)/t14-/m1/s1. The highest BCUT2D eigenvalue weighted by Crippen LogP contribution is 2.34. The van der Waals surface area contributed by atoms with E-state index in [0.717, 1.165) is 44.0 Å². The number of hydrogen-bond acceptors (Lipinski definition) is 5. The van der Waals surface area contributed by atoms with Gasteiger partial charge in [-0.3, -0.25) is 4.79 Å². The second-order valence-electron chi connectivity index (χ2n) is 6.41. The molecular weight excluding hydrogens is 306 g/mol. The molecule has 3 heterocycles. The van der Waals surface area contributed by atoms with E-state index in [1.54, 1.807) is 6.20 Å². The summed E-state index contributed by atoms with van der Waals surface area (Å²) in [5, 5.41) is 6.41. The number of H-pyrrole nitrogens is 1. The highest BCUT2D eigenvalue weighted by atomic mass is 16.5. The summed E-state index contributed by atoms with van der Waals surface area (Å²) in [4.78, 5) is 14.0. The number of anilines is 1. The Morgan fingerprint density at radius 2 is 2.33 bits per heavy atom. The third kappa shape index (κ3) is 2.78. The summed E-state index contributed by atoms with van der Waals surface area (Å²) in [7, 11) is 0. The van der Waals surface area contributed by atoms with Gasteiger partial charge in [0.15, 0.2) is 0 Å². The Kier molecular flexibility index (Phi) is 3.98. The average molecular weight is 327 g/mol. The van der Waals surface area contributed by atoms with Gasteiger partial charge in [0.1, 0.15) is 12.4 Å². The first kappa shape index (κ1) is 15.2. The summed E-state index contributed by atoms with van der Waals surface area (Å²) < 4.78 is 11.7. The van der Waals surface area contributed by atoms with Gasteiger partial charge in [0.25, 0.3) is 5.56 Å². The number of hydrogen-bond donors (Lipinski definition) is 1. The number of aromatic amines is 1. The fourth-order valence-electron chi connectivity index (χ4n) is 3.42. The minimum Gasteiger partial charge on any atom is -0.491 e. The van der Waals surface area contributed by atoms with Crippen LogP contribution in [0.15, 0.2) is 29.2 Å². The molecule has 1 saturated heterocycles. The van der Waals surface area contributed by atoms with Crippen LogP contribution in [0.1, 0.15) is 29.5 Å². The molecule has 0 aliphatic carbocycles. The summed E-state index contributed by atoms with van der Waals surface area (Å²) in [6.07, 6.45) is 4.11. The Balaban J connectivity index is 1.54. The van der Waals surface area contributed by atoms with Gasteiger partial charge in [0.2, 0.25) is 0 Å². The van der Waals surface area contributed by atoms with Gasteiger partial charge < -0.3 is 14.4 Å². The molecule has 24 heavy (non-hydrogen) atoms. The van der Waals surface area contributed by atoms with Crippen LogP contribution in [0.5, 0.6) is 5.75 Å². The van der Waals surface area contributed by atoms with Crippen LogP contribution in [0, 0.1) is 6.92 Å². The Hall–Kier alpha value is -2.34. The molecule has 0 unspecified atom stereocenters. The molecule has 1 atom stereocenters. The number of rotatable bonds is 4. The molecule has 2 aliphatic rings. The van der Waals surface area contributed by atoms with Crippen molar-refractivity contribution in [3.63, 3.8) is 0 Å². The van der Waals surface area contributed by atoms with E-state index in [4.69, 9.17) is 9.47 Å². The molecule has 0 spiro atoms. The Bertz CT molecular complexity index is 796.